The Labute approximate surface area is 157 Å². The van der Waals surface area contributed by atoms with Crippen LogP contribution in [0.1, 0.15) is 49.0 Å². The van der Waals surface area contributed by atoms with Crippen LogP contribution in [-0.4, -0.2) is 17.3 Å². The molecule has 1 aliphatic rings. The molecule has 3 aromatic carbocycles. The molecule has 0 saturated heterocycles. The lowest BCUT2D eigenvalue weighted by Crippen LogP contribution is -2.26. The first kappa shape index (κ1) is 17.1. The molecular formula is C24H18O3. The SMILES string of the molecule is O=C(CC(c1ccccc1)C1C(=O)c2ccccc2C1=O)c1ccccc1. The van der Waals surface area contributed by atoms with Gasteiger partial charge in [0.05, 0.1) is 5.92 Å². The van der Waals surface area contributed by atoms with Gasteiger partial charge in [0.1, 0.15) is 0 Å². The van der Waals surface area contributed by atoms with E-state index in [0.29, 0.717) is 16.7 Å². The second-order valence-corrected chi connectivity index (χ2v) is 6.76. The van der Waals surface area contributed by atoms with Gasteiger partial charge in [0.15, 0.2) is 17.3 Å². The van der Waals surface area contributed by atoms with E-state index < -0.39 is 11.8 Å². The van der Waals surface area contributed by atoms with E-state index in [0.717, 1.165) is 5.56 Å². The van der Waals surface area contributed by atoms with Crippen molar-refractivity contribution < 1.29 is 14.4 Å². The lowest BCUT2D eigenvalue weighted by atomic mass is 9.79. The first-order valence-electron chi connectivity index (χ1n) is 8.97. The Morgan fingerprint density at radius 1 is 0.704 bits per heavy atom. The van der Waals surface area contributed by atoms with E-state index in [-0.39, 0.29) is 23.8 Å². The summed E-state index contributed by atoms with van der Waals surface area (Å²) in [5, 5.41) is 0. The largest absolute Gasteiger partial charge is 0.294 e. The summed E-state index contributed by atoms with van der Waals surface area (Å²) in [6.07, 6.45) is 0.115. The molecule has 0 amide bonds. The van der Waals surface area contributed by atoms with Crippen molar-refractivity contribution in [2.75, 3.05) is 0 Å². The molecule has 27 heavy (non-hydrogen) atoms. The number of benzene rings is 3. The molecule has 0 spiro atoms. The summed E-state index contributed by atoms with van der Waals surface area (Å²) in [4.78, 5) is 38.9. The lowest BCUT2D eigenvalue weighted by Gasteiger charge is -2.21. The Morgan fingerprint density at radius 2 is 1.19 bits per heavy atom. The predicted molar refractivity (Wildman–Crippen MR) is 103 cm³/mol. The maximum atomic E-state index is 13.0. The molecule has 1 unspecified atom stereocenters. The third-order valence-electron chi connectivity index (χ3n) is 5.15. The van der Waals surface area contributed by atoms with Crippen molar-refractivity contribution in [3.63, 3.8) is 0 Å². The van der Waals surface area contributed by atoms with Gasteiger partial charge in [-0.25, -0.2) is 0 Å². The van der Waals surface area contributed by atoms with Crippen molar-refractivity contribution in [2.45, 2.75) is 12.3 Å². The normalized spacial score (nSPS) is 14.8. The predicted octanol–water partition coefficient (Wildman–Crippen LogP) is 4.74. The maximum Gasteiger partial charge on any atom is 0.175 e. The molecule has 0 aromatic heterocycles. The van der Waals surface area contributed by atoms with E-state index in [1.54, 1.807) is 36.4 Å². The summed E-state index contributed by atoms with van der Waals surface area (Å²) >= 11 is 0. The third-order valence-corrected chi connectivity index (χ3v) is 5.15. The second kappa shape index (κ2) is 7.12. The van der Waals surface area contributed by atoms with E-state index in [1.165, 1.54) is 0 Å². The molecule has 4 rings (SSSR count). The molecule has 3 nitrogen and oxygen atoms in total. The average molecular weight is 354 g/mol. The average Bonchev–Trinajstić information content (AvgIpc) is 2.98. The quantitative estimate of drug-likeness (QED) is 0.491. The third kappa shape index (κ3) is 3.13. The molecule has 132 valence electrons. The van der Waals surface area contributed by atoms with Gasteiger partial charge < -0.3 is 0 Å². The van der Waals surface area contributed by atoms with E-state index in [1.807, 2.05) is 48.5 Å². The van der Waals surface area contributed by atoms with Gasteiger partial charge in [-0.3, -0.25) is 14.4 Å². The van der Waals surface area contributed by atoms with Crippen LogP contribution in [0, 0.1) is 5.92 Å². The molecule has 0 N–H and O–H groups in total. The highest BCUT2D eigenvalue weighted by molar-refractivity contribution is 6.27. The standard InChI is InChI=1S/C24H18O3/c25-21(17-11-5-2-6-12-17)15-20(16-9-3-1-4-10-16)22-23(26)18-13-7-8-14-19(18)24(22)27/h1-14,20,22H,15H2. The topological polar surface area (TPSA) is 51.2 Å². The van der Waals surface area contributed by atoms with Gasteiger partial charge in [-0.1, -0.05) is 84.9 Å². The fraction of sp³-hybridized carbons (Fsp3) is 0.125. The summed E-state index contributed by atoms with van der Waals surface area (Å²) < 4.78 is 0. The Bertz CT molecular complexity index is 971. The van der Waals surface area contributed by atoms with Crippen molar-refractivity contribution in [1.29, 1.82) is 0 Å². The number of fused-ring (bicyclic) bond motifs is 1. The zero-order chi connectivity index (χ0) is 18.8. The van der Waals surface area contributed by atoms with Crippen LogP contribution in [0.4, 0.5) is 0 Å². The van der Waals surface area contributed by atoms with Gasteiger partial charge in [-0.2, -0.15) is 0 Å². The summed E-state index contributed by atoms with van der Waals surface area (Å²) in [6.45, 7) is 0. The number of carbonyl (C=O) groups is 3. The van der Waals surface area contributed by atoms with Gasteiger partial charge >= 0.3 is 0 Å². The number of rotatable bonds is 5. The summed E-state index contributed by atoms with van der Waals surface area (Å²) in [6, 6.07) is 25.3. The van der Waals surface area contributed by atoms with Crippen molar-refractivity contribution in [3.05, 3.63) is 107 Å². The lowest BCUT2D eigenvalue weighted by molar-refractivity contribution is 0.0802. The highest BCUT2D eigenvalue weighted by atomic mass is 16.2. The molecule has 0 saturated carbocycles. The van der Waals surface area contributed by atoms with Crippen molar-refractivity contribution in [1.82, 2.24) is 0 Å². The molecular weight excluding hydrogens is 336 g/mol. The zero-order valence-electron chi connectivity index (χ0n) is 14.7. The molecule has 0 aliphatic heterocycles. The minimum atomic E-state index is -0.850. The highest BCUT2D eigenvalue weighted by Gasteiger charge is 2.44. The molecule has 1 aliphatic carbocycles. The number of carbonyl (C=O) groups excluding carboxylic acids is 3. The molecule has 1 atom stereocenters. The van der Waals surface area contributed by atoms with Crippen molar-refractivity contribution >= 4 is 17.3 Å². The van der Waals surface area contributed by atoms with Crippen LogP contribution in [0.3, 0.4) is 0 Å². The van der Waals surface area contributed by atoms with Crippen molar-refractivity contribution in [2.24, 2.45) is 5.92 Å². The summed E-state index contributed by atoms with van der Waals surface area (Å²) in [7, 11) is 0. The molecule has 0 heterocycles. The van der Waals surface area contributed by atoms with Gasteiger partial charge in [0.25, 0.3) is 0 Å². The number of hydrogen-bond acceptors (Lipinski definition) is 3. The van der Waals surface area contributed by atoms with E-state index >= 15 is 0 Å². The van der Waals surface area contributed by atoms with Crippen LogP contribution in [0.2, 0.25) is 0 Å². The first-order chi connectivity index (χ1) is 13.2. The summed E-state index contributed by atoms with van der Waals surface area (Å²) in [5.74, 6) is -1.78. The zero-order valence-corrected chi connectivity index (χ0v) is 14.7. The second-order valence-electron chi connectivity index (χ2n) is 6.76. The molecule has 0 radical (unpaired) electrons. The monoisotopic (exact) mass is 354 g/mol. The van der Waals surface area contributed by atoms with Crippen LogP contribution in [0.15, 0.2) is 84.9 Å². The smallest absolute Gasteiger partial charge is 0.175 e. The van der Waals surface area contributed by atoms with Gasteiger partial charge in [-0.05, 0) is 5.56 Å². The fourth-order valence-electron chi connectivity index (χ4n) is 3.80. The fourth-order valence-corrected chi connectivity index (χ4v) is 3.80. The van der Waals surface area contributed by atoms with Gasteiger partial charge in [-0.15, -0.1) is 0 Å². The van der Waals surface area contributed by atoms with E-state index in [9.17, 15) is 14.4 Å². The van der Waals surface area contributed by atoms with Crippen LogP contribution in [0.25, 0.3) is 0 Å². The van der Waals surface area contributed by atoms with Crippen LogP contribution >= 0.6 is 0 Å². The number of hydrogen-bond donors (Lipinski definition) is 0. The van der Waals surface area contributed by atoms with Crippen LogP contribution < -0.4 is 0 Å². The van der Waals surface area contributed by atoms with E-state index in [4.69, 9.17) is 0 Å². The van der Waals surface area contributed by atoms with Crippen molar-refractivity contribution in [3.8, 4) is 0 Å². The molecule has 3 heteroatoms. The Hall–Kier alpha value is -3.33. The Morgan fingerprint density at radius 3 is 1.74 bits per heavy atom. The molecule has 0 bridgehead atoms. The van der Waals surface area contributed by atoms with E-state index in [2.05, 4.69) is 0 Å². The minimum Gasteiger partial charge on any atom is -0.294 e. The Kier molecular flexibility index (Phi) is 4.51. The maximum absolute atomic E-state index is 13.0. The van der Waals surface area contributed by atoms with Gasteiger partial charge in [0.2, 0.25) is 0 Å². The first-order valence-corrected chi connectivity index (χ1v) is 8.97. The molecule has 3 aromatic rings. The number of Topliss-reactive ketones (excluding diaryl/α,β-unsaturated/α-hetero) is 3. The Balaban J connectivity index is 1.73. The van der Waals surface area contributed by atoms with Crippen LogP contribution in [-0.2, 0) is 0 Å². The van der Waals surface area contributed by atoms with Crippen LogP contribution in [0.5, 0.6) is 0 Å². The van der Waals surface area contributed by atoms with Gasteiger partial charge in [0, 0.05) is 29.0 Å². The number of ketones is 3. The highest BCUT2D eigenvalue weighted by Crippen LogP contribution is 2.39. The minimum absolute atomic E-state index is 0.0685. The summed E-state index contributed by atoms with van der Waals surface area (Å²) in [5.41, 5.74) is 2.34. The molecule has 0 fully saturated rings.